The average molecular weight is 255 g/mol. The molecule has 0 saturated heterocycles. The van der Waals surface area contributed by atoms with Gasteiger partial charge in [0.05, 0.1) is 11.9 Å². The number of carboxylic acids is 1. The normalized spacial score (nSPS) is 11.1. The second-order valence-electron chi connectivity index (χ2n) is 4.65. The topological polar surface area (TPSA) is 93.5 Å². The lowest BCUT2D eigenvalue weighted by Crippen LogP contribution is -2.27. The summed E-state index contributed by atoms with van der Waals surface area (Å²) in [5.41, 5.74) is -0.587. The second kappa shape index (κ2) is 5.07. The lowest BCUT2D eigenvalue weighted by molar-refractivity contribution is 0.0636. The van der Waals surface area contributed by atoms with Gasteiger partial charge in [0.2, 0.25) is 0 Å². The third-order valence-electron chi connectivity index (χ3n) is 1.98. The summed E-state index contributed by atoms with van der Waals surface area (Å²) in [4.78, 5) is 22.6. The molecule has 7 nitrogen and oxygen atoms in total. The van der Waals surface area contributed by atoms with Crippen molar-refractivity contribution in [3.8, 4) is 0 Å². The smallest absolute Gasteiger partial charge is 0.412 e. The van der Waals surface area contributed by atoms with E-state index in [-0.39, 0.29) is 11.4 Å². The molecule has 0 aliphatic heterocycles. The third kappa shape index (κ3) is 3.47. The summed E-state index contributed by atoms with van der Waals surface area (Å²) < 4.78 is 6.33. The predicted octanol–water partition coefficient (Wildman–Crippen LogP) is 1.95. The first-order valence-electron chi connectivity index (χ1n) is 5.53. The Morgan fingerprint density at radius 2 is 2.11 bits per heavy atom. The molecule has 0 aromatic carbocycles. The zero-order chi connectivity index (χ0) is 13.9. The fourth-order valence-electron chi connectivity index (χ4n) is 1.36. The molecule has 0 unspecified atom stereocenters. The highest BCUT2D eigenvalue weighted by molar-refractivity contribution is 5.97. The largest absolute Gasteiger partial charge is 0.476 e. The highest BCUT2D eigenvalue weighted by Crippen LogP contribution is 2.16. The second-order valence-corrected chi connectivity index (χ2v) is 4.65. The van der Waals surface area contributed by atoms with Gasteiger partial charge in [-0.2, -0.15) is 5.10 Å². The number of nitrogens with zero attached hydrogens (tertiary/aromatic N) is 2. The van der Waals surface area contributed by atoms with Crippen molar-refractivity contribution < 1.29 is 19.4 Å². The van der Waals surface area contributed by atoms with Crippen LogP contribution in [0.5, 0.6) is 0 Å². The van der Waals surface area contributed by atoms with Gasteiger partial charge >= 0.3 is 12.1 Å². The SMILES string of the molecule is CCn1ncc(NC(=O)OC(C)(C)C)c1C(=O)O. The third-order valence-corrected chi connectivity index (χ3v) is 1.98. The van der Waals surface area contributed by atoms with Crippen molar-refractivity contribution in [1.29, 1.82) is 0 Å². The van der Waals surface area contributed by atoms with Crippen molar-refractivity contribution in [3.05, 3.63) is 11.9 Å². The maximum atomic E-state index is 11.5. The standard InChI is InChI=1S/C11H17N3O4/c1-5-14-8(9(15)16)7(6-12-14)13-10(17)18-11(2,3)4/h6H,5H2,1-4H3,(H,13,17)(H,15,16). The van der Waals surface area contributed by atoms with Crippen LogP contribution in [0.4, 0.5) is 10.5 Å². The summed E-state index contributed by atoms with van der Waals surface area (Å²) in [6, 6.07) is 0. The summed E-state index contributed by atoms with van der Waals surface area (Å²) in [5.74, 6) is -1.15. The van der Waals surface area contributed by atoms with Gasteiger partial charge in [-0.1, -0.05) is 0 Å². The zero-order valence-electron chi connectivity index (χ0n) is 10.9. The van der Waals surface area contributed by atoms with Gasteiger partial charge in [-0.25, -0.2) is 9.59 Å². The Morgan fingerprint density at radius 3 is 2.56 bits per heavy atom. The van der Waals surface area contributed by atoms with Crippen LogP contribution in [0.25, 0.3) is 0 Å². The van der Waals surface area contributed by atoms with Gasteiger partial charge in [0, 0.05) is 6.54 Å². The van der Waals surface area contributed by atoms with E-state index in [0.29, 0.717) is 6.54 Å². The molecule has 1 aromatic rings. The average Bonchev–Trinajstić information content (AvgIpc) is 2.57. The van der Waals surface area contributed by atoms with E-state index in [1.165, 1.54) is 10.9 Å². The minimum Gasteiger partial charge on any atom is -0.476 e. The van der Waals surface area contributed by atoms with Gasteiger partial charge in [0.1, 0.15) is 5.60 Å². The van der Waals surface area contributed by atoms with Crippen LogP contribution in [-0.4, -0.2) is 32.6 Å². The number of ether oxygens (including phenoxy) is 1. The summed E-state index contributed by atoms with van der Waals surface area (Å²) in [7, 11) is 0. The number of carbonyl (C=O) groups is 2. The van der Waals surface area contributed by atoms with E-state index in [2.05, 4.69) is 10.4 Å². The molecule has 0 bridgehead atoms. The van der Waals surface area contributed by atoms with Gasteiger partial charge in [-0.15, -0.1) is 0 Å². The van der Waals surface area contributed by atoms with Crippen LogP contribution >= 0.6 is 0 Å². The molecular formula is C11H17N3O4. The Hall–Kier alpha value is -2.05. The highest BCUT2D eigenvalue weighted by atomic mass is 16.6. The van der Waals surface area contributed by atoms with Crippen LogP contribution in [0.3, 0.4) is 0 Å². The van der Waals surface area contributed by atoms with E-state index in [1.54, 1.807) is 27.7 Å². The van der Waals surface area contributed by atoms with Crippen LogP contribution in [0, 0.1) is 0 Å². The first kappa shape index (κ1) is 14.0. The van der Waals surface area contributed by atoms with Crippen molar-refractivity contribution in [3.63, 3.8) is 0 Å². The van der Waals surface area contributed by atoms with Crippen LogP contribution < -0.4 is 5.32 Å². The number of aryl methyl sites for hydroxylation is 1. The highest BCUT2D eigenvalue weighted by Gasteiger charge is 2.21. The molecule has 100 valence electrons. The number of rotatable bonds is 3. The maximum Gasteiger partial charge on any atom is 0.412 e. The lowest BCUT2D eigenvalue weighted by Gasteiger charge is -2.19. The summed E-state index contributed by atoms with van der Waals surface area (Å²) in [6.07, 6.45) is 0.581. The molecular weight excluding hydrogens is 238 g/mol. The van der Waals surface area contributed by atoms with E-state index < -0.39 is 17.7 Å². The van der Waals surface area contributed by atoms with Crippen molar-refractivity contribution in [1.82, 2.24) is 9.78 Å². The molecule has 1 amide bonds. The van der Waals surface area contributed by atoms with E-state index in [1.807, 2.05) is 0 Å². The number of nitrogens with one attached hydrogen (secondary N) is 1. The number of carboxylic acid groups (broad SMARTS) is 1. The lowest BCUT2D eigenvalue weighted by atomic mass is 10.2. The van der Waals surface area contributed by atoms with E-state index in [9.17, 15) is 9.59 Å². The van der Waals surface area contributed by atoms with Crippen molar-refractivity contribution in [2.75, 3.05) is 5.32 Å². The van der Waals surface area contributed by atoms with Crippen molar-refractivity contribution in [2.24, 2.45) is 0 Å². The number of hydrogen-bond donors (Lipinski definition) is 2. The molecule has 0 saturated carbocycles. The fraction of sp³-hybridized carbons (Fsp3) is 0.545. The van der Waals surface area contributed by atoms with E-state index in [0.717, 1.165) is 0 Å². The quantitative estimate of drug-likeness (QED) is 0.860. The zero-order valence-corrected chi connectivity index (χ0v) is 10.9. The first-order chi connectivity index (χ1) is 8.24. The number of hydrogen-bond acceptors (Lipinski definition) is 4. The summed E-state index contributed by atoms with van der Waals surface area (Å²) in [6.45, 7) is 7.33. The van der Waals surface area contributed by atoms with Gasteiger partial charge < -0.3 is 9.84 Å². The van der Waals surface area contributed by atoms with Crippen LogP contribution in [0.1, 0.15) is 38.2 Å². The molecule has 0 fully saturated rings. The molecule has 7 heteroatoms. The molecule has 0 atom stereocenters. The van der Waals surface area contributed by atoms with Gasteiger partial charge in [0.15, 0.2) is 5.69 Å². The van der Waals surface area contributed by atoms with Crippen molar-refractivity contribution >= 4 is 17.7 Å². The van der Waals surface area contributed by atoms with Crippen molar-refractivity contribution in [2.45, 2.75) is 39.8 Å². The molecule has 0 aliphatic rings. The van der Waals surface area contributed by atoms with Gasteiger partial charge in [-0.3, -0.25) is 10.00 Å². The van der Waals surface area contributed by atoms with Crippen LogP contribution in [0.2, 0.25) is 0 Å². The summed E-state index contributed by atoms with van der Waals surface area (Å²) in [5, 5.41) is 15.3. The molecule has 1 heterocycles. The Morgan fingerprint density at radius 1 is 1.50 bits per heavy atom. The Labute approximate surface area is 105 Å². The minimum atomic E-state index is -1.15. The number of anilines is 1. The van der Waals surface area contributed by atoms with Gasteiger partial charge in [-0.05, 0) is 27.7 Å². The van der Waals surface area contributed by atoms with E-state index in [4.69, 9.17) is 9.84 Å². The molecule has 0 aliphatic carbocycles. The van der Waals surface area contributed by atoms with Crippen LogP contribution in [0.15, 0.2) is 6.20 Å². The Balaban J connectivity index is 2.88. The minimum absolute atomic E-state index is 0.0663. The molecule has 2 N–H and O–H groups in total. The molecule has 0 spiro atoms. The first-order valence-corrected chi connectivity index (χ1v) is 5.53. The molecule has 1 rings (SSSR count). The maximum absolute atomic E-state index is 11.5. The number of aromatic nitrogens is 2. The Bertz CT molecular complexity index is 459. The fourth-order valence-corrected chi connectivity index (χ4v) is 1.36. The van der Waals surface area contributed by atoms with Crippen LogP contribution in [-0.2, 0) is 11.3 Å². The van der Waals surface area contributed by atoms with E-state index >= 15 is 0 Å². The Kier molecular flexibility index (Phi) is 3.95. The number of amides is 1. The van der Waals surface area contributed by atoms with Gasteiger partial charge in [0.25, 0.3) is 0 Å². The monoisotopic (exact) mass is 255 g/mol. The number of carbonyl (C=O) groups excluding carboxylic acids is 1. The molecule has 1 aromatic heterocycles. The molecule has 0 radical (unpaired) electrons. The summed E-state index contributed by atoms with van der Waals surface area (Å²) >= 11 is 0. The molecule has 18 heavy (non-hydrogen) atoms. The number of aromatic carboxylic acids is 1. The predicted molar refractivity (Wildman–Crippen MR) is 64.7 cm³/mol.